The fourth-order valence-corrected chi connectivity index (χ4v) is 14.2. The number of allylic oxidation sites excluding steroid dienone is 6. The van der Waals surface area contributed by atoms with E-state index >= 15 is 0 Å². The summed E-state index contributed by atoms with van der Waals surface area (Å²) in [4.78, 5) is 0. The van der Waals surface area contributed by atoms with Crippen molar-refractivity contribution in [2.24, 2.45) is 0 Å². The van der Waals surface area contributed by atoms with Crippen molar-refractivity contribution < 1.29 is 53.2 Å². The predicted octanol–water partition coefficient (Wildman–Crippen LogP) is 27.5. The molecule has 7 aromatic rings. The number of hydrogen-bond donors (Lipinski definition) is 3. The molecule has 4 unspecified atom stereocenters. The molecule has 4 atom stereocenters. The first-order valence-electron chi connectivity index (χ1n) is 45.4. The summed E-state index contributed by atoms with van der Waals surface area (Å²) < 4.78 is 45.6. The van der Waals surface area contributed by atoms with Gasteiger partial charge in [-0.3, -0.25) is 0 Å². The molecule has 2 aliphatic heterocycles. The van der Waals surface area contributed by atoms with Crippen molar-refractivity contribution in [3.63, 3.8) is 0 Å². The Bertz CT molecular complexity index is 3500. The maximum Gasteiger partial charge on any atom is 0.122 e. The smallest absolute Gasteiger partial charge is 0.122 e. The van der Waals surface area contributed by atoms with E-state index in [1.165, 1.54) is 240 Å². The second-order valence-electron chi connectivity index (χ2n) is 33.3. The fourth-order valence-electron chi connectivity index (χ4n) is 14.2. The lowest BCUT2D eigenvalue weighted by atomic mass is 9.78. The molecular formula is C106H154O11. The van der Waals surface area contributed by atoms with Crippen LogP contribution in [0.15, 0.2) is 206 Å². The average Bonchev–Trinajstić information content (AvgIpc) is 1.80. The molecule has 0 aliphatic carbocycles. The lowest BCUT2D eigenvalue weighted by molar-refractivity contribution is 0.0626. The number of aromatic hydroxyl groups is 1. The number of unbranched alkanes of at least 4 members (excludes halogenated alkanes) is 27. The van der Waals surface area contributed by atoms with Crippen LogP contribution in [0.3, 0.4) is 0 Å². The minimum absolute atomic E-state index is 0. The Morgan fingerprint density at radius 2 is 0.564 bits per heavy atom. The number of phenolic OH excluding ortho intramolecular Hbond substituents is 1. The van der Waals surface area contributed by atoms with Gasteiger partial charge in [-0.1, -0.05) is 312 Å². The van der Waals surface area contributed by atoms with Crippen LogP contribution in [-0.2, 0) is 39.6 Å². The highest BCUT2D eigenvalue weighted by Crippen LogP contribution is 2.36. The van der Waals surface area contributed by atoms with Crippen LogP contribution in [0.5, 0.6) is 40.2 Å². The lowest BCUT2D eigenvalue weighted by Gasteiger charge is -2.26. The number of hydrogen-bond acceptors (Lipinski definition) is 11. The molecule has 0 radical (unpaired) electrons. The van der Waals surface area contributed by atoms with Crippen molar-refractivity contribution >= 4 is 0 Å². The van der Waals surface area contributed by atoms with Gasteiger partial charge in [0.15, 0.2) is 0 Å². The molecule has 2 saturated heterocycles. The molecule has 2 heterocycles. The average molecular weight is 1600 g/mol. The van der Waals surface area contributed by atoms with Gasteiger partial charge in [0.25, 0.3) is 0 Å². The Hall–Kier alpha value is -7.80. The van der Waals surface area contributed by atoms with Gasteiger partial charge in [0.05, 0.1) is 13.2 Å². The largest absolute Gasteiger partial charge is 0.508 e. The highest BCUT2D eigenvalue weighted by atomic mass is 16.6. The van der Waals surface area contributed by atoms with Crippen molar-refractivity contribution in [1.82, 2.24) is 0 Å². The first-order chi connectivity index (χ1) is 56.7. The summed E-state index contributed by atoms with van der Waals surface area (Å²) in [5.41, 5.74) is 8.25. The molecule has 11 nitrogen and oxygen atoms in total. The normalized spacial score (nSPS) is 14.3. The summed E-state index contributed by atoms with van der Waals surface area (Å²) in [6.45, 7) is 19.1. The van der Waals surface area contributed by atoms with Crippen LogP contribution in [0, 0.1) is 0 Å². The molecule has 2 aliphatic rings. The SMILES string of the molecule is C.CC(C)(c1ccc(OCC2CO2)cc1)c1ccc(OCC2CO2)cc1.CCCC/C=C/CCCCCCCCCc1cccc(O)c1.CCCC/C=C/CCCCCCCCCc1cccc(OCC(O)COc2ccc(C(C)(C)c3ccc(OCC(O)COc4cccc(CCCCCCCCC/C=C/CCCC)c4)cc3)cc2)c1. The van der Waals surface area contributed by atoms with Gasteiger partial charge in [0.2, 0.25) is 0 Å². The summed E-state index contributed by atoms with van der Waals surface area (Å²) >= 11 is 0. The Labute approximate surface area is 709 Å². The molecular weight excluding hydrogens is 1450 g/mol. The van der Waals surface area contributed by atoms with Crippen molar-refractivity contribution in [2.45, 2.75) is 322 Å². The minimum atomic E-state index is -0.754. The number of rotatable bonds is 61. The van der Waals surface area contributed by atoms with E-state index < -0.39 is 12.2 Å². The monoisotopic (exact) mass is 1600 g/mol. The van der Waals surface area contributed by atoms with Crippen LogP contribution in [0.4, 0.5) is 0 Å². The second kappa shape index (κ2) is 59.8. The van der Waals surface area contributed by atoms with Crippen LogP contribution in [0.25, 0.3) is 0 Å². The van der Waals surface area contributed by atoms with Crippen molar-refractivity contribution in [3.8, 4) is 40.2 Å². The number of ether oxygens (including phenoxy) is 8. The van der Waals surface area contributed by atoms with Gasteiger partial charge in [-0.15, -0.1) is 0 Å². The van der Waals surface area contributed by atoms with Gasteiger partial charge in [-0.25, -0.2) is 0 Å². The fraction of sp³-hybridized carbons (Fsp3) is 0.547. The third-order valence-corrected chi connectivity index (χ3v) is 22.1. The van der Waals surface area contributed by atoms with Crippen molar-refractivity contribution in [3.05, 3.63) is 245 Å². The van der Waals surface area contributed by atoms with Crippen LogP contribution >= 0.6 is 0 Å². The Morgan fingerprint density at radius 1 is 0.316 bits per heavy atom. The molecule has 9 rings (SSSR count). The van der Waals surface area contributed by atoms with Crippen LogP contribution in [0.1, 0.15) is 307 Å². The molecule has 11 heteroatoms. The zero-order chi connectivity index (χ0) is 82.2. The number of phenols is 1. The van der Waals surface area contributed by atoms with E-state index in [1.807, 2.05) is 84.9 Å². The highest BCUT2D eigenvalue weighted by Gasteiger charge is 2.27. The molecule has 0 spiro atoms. The third-order valence-electron chi connectivity index (χ3n) is 22.1. The Morgan fingerprint density at radius 3 is 0.846 bits per heavy atom. The van der Waals surface area contributed by atoms with Crippen molar-refractivity contribution in [2.75, 3.05) is 52.9 Å². The van der Waals surface area contributed by atoms with E-state index in [1.54, 1.807) is 6.07 Å². The summed E-state index contributed by atoms with van der Waals surface area (Å²) in [6.07, 6.45) is 59.2. The molecule has 644 valence electrons. The van der Waals surface area contributed by atoms with Gasteiger partial charge >= 0.3 is 0 Å². The second-order valence-corrected chi connectivity index (χ2v) is 33.3. The third kappa shape index (κ3) is 43.7. The van der Waals surface area contributed by atoms with Crippen LogP contribution in [-0.4, -0.2) is 92.6 Å². The van der Waals surface area contributed by atoms with E-state index in [0.717, 1.165) is 66.6 Å². The lowest BCUT2D eigenvalue weighted by Crippen LogP contribution is -2.25. The van der Waals surface area contributed by atoms with Gasteiger partial charge in [-0.05, 0) is 220 Å². The topological polar surface area (TPSA) is 141 Å². The first kappa shape index (κ1) is 98.0. The Kier molecular flexibility index (Phi) is 50.1. The molecule has 0 saturated carbocycles. The highest BCUT2D eigenvalue weighted by molar-refractivity contribution is 5.44. The van der Waals surface area contributed by atoms with Crippen molar-refractivity contribution in [1.29, 1.82) is 0 Å². The number of aryl methyl sites for hydroxylation is 3. The molecule has 0 aromatic heterocycles. The number of epoxide rings is 2. The standard InChI is InChI=1S/C63H92O6.C21H24O4.C21H34O.CH4/c1-5-7-9-11-13-15-17-19-21-23-25-27-29-33-53-35-31-37-61(47-53)68-51-57(64)49-66-59-43-39-55(40-44-59)63(3,4)56-41-45-60(46-42-56)67-50-58(65)52-69-62-38-32-36-54(48-62)34-30-28-26-24-22-20-18-16-14-12-10-8-6-2;1-21(2,15-3-7-17(8-4-15)22-11-19-13-24-19)16-5-9-18(10-6-16)23-12-20-14-25-20;1-2-3-4-5-6-7-8-9-10-11-12-13-14-16-20-17-15-18-21(22)19-20;/h11-14,31-32,35-48,57-58,64-65H,5-10,15-30,33-34,49-52H2,1-4H3;3-10,19-20H,11-14H2,1-2H3;5-6,15,17-19,22H,2-4,7-14,16H2,1H3;1H4/b13-11+,14-12+;;6-5+;. The predicted molar refractivity (Wildman–Crippen MR) is 490 cm³/mol. The Balaban J connectivity index is 0.000000355. The summed E-state index contributed by atoms with van der Waals surface area (Å²) in [6, 6.07) is 57.0. The minimum Gasteiger partial charge on any atom is -0.508 e. The maximum atomic E-state index is 10.7. The first-order valence-corrected chi connectivity index (χ1v) is 45.4. The quantitative estimate of drug-likeness (QED) is 0.0191. The van der Waals surface area contributed by atoms with Crippen LogP contribution in [0.2, 0.25) is 0 Å². The number of aliphatic hydroxyl groups is 2. The number of aliphatic hydroxyl groups excluding tert-OH is 2. The zero-order valence-electron chi connectivity index (χ0n) is 72.7. The molecule has 117 heavy (non-hydrogen) atoms. The van der Waals surface area contributed by atoms with E-state index in [-0.39, 0.29) is 56.9 Å². The summed E-state index contributed by atoms with van der Waals surface area (Å²) in [5.74, 6) is 5.15. The van der Waals surface area contributed by atoms with E-state index in [2.05, 4.69) is 164 Å². The molecule has 0 amide bonds. The van der Waals surface area contributed by atoms with E-state index in [9.17, 15) is 15.3 Å². The summed E-state index contributed by atoms with van der Waals surface area (Å²) in [7, 11) is 0. The van der Waals surface area contributed by atoms with Gasteiger partial charge < -0.3 is 53.2 Å². The molecule has 0 bridgehead atoms. The molecule has 3 N–H and O–H groups in total. The molecule has 7 aromatic carbocycles. The van der Waals surface area contributed by atoms with E-state index in [0.29, 0.717) is 30.5 Å². The van der Waals surface area contributed by atoms with Gasteiger partial charge in [-0.2, -0.15) is 0 Å². The number of benzene rings is 7. The molecule has 2 fully saturated rings. The van der Waals surface area contributed by atoms with Crippen LogP contribution < -0.4 is 28.4 Å². The summed E-state index contributed by atoms with van der Waals surface area (Å²) in [5, 5.41) is 30.8. The van der Waals surface area contributed by atoms with Gasteiger partial charge in [0.1, 0.15) is 104 Å². The van der Waals surface area contributed by atoms with E-state index in [4.69, 9.17) is 37.9 Å². The zero-order valence-corrected chi connectivity index (χ0v) is 72.7. The maximum absolute atomic E-state index is 10.7. The van der Waals surface area contributed by atoms with Gasteiger partial charge in [0, 0.05) is 10.8 Å².